The van der Waals surface area contributed by atoms with Crippen LogP contribution >= 0.6 is 0 Å². The summed E-state index contributed by atoms with van der Waals surface area (Å²) in [4.78, 5) is 10.7. The Morgan fingerprint density at radius 1 is 1.46 bits per heavy atom. The average Bonchev–Trinajstić information content (AvgIpc) is 1.81. The van der Waals surface area contributed by atoms with Crippen molar-refractivity contribution in [1.82, 2.24) is 0 Å². The lowest BCUT2D eigenvalue weighted by Gasteiger charge is -2.05. The van der Waals surface area contributed by atoms with Crippen LogP contribution in [0.4, 0.5) is 13.2 Å². The Morgan fingerprint density at radius 2 is 2.00 bits per heavy atom. The highest BCUT2D eigenvalue weighted by Crippen LogP contribution is 2.23. The van der Waals surface area contributed by atoms with E-state index in [1.54, 1.807) is 6.92 Å². The molecule has 0 unspecified atom stereocenters. The number of carbonyl (C=O) groups excluding carboxylic acids is 1. The summed E-state index contributed by atoms with van der Waals surface area (Å²) in [5, 5.41) is 0. The van der Waals surface area contributed by atoms with Crippen molar-refractivity contribution in [3.8, 4) is 0 Å². The summed E-state index contributed by atoms with van der Waals surface area (Å²) in [5.41, 5.74) is -0.0500. The molecule has 0 saturated heterocycles. The minimum absolute atomic E-state index is 0.0500. The lowest BCUT2D eigenvalue weighted by molar-refractivity contribution is -0.137. The Balaban J connectivity index is 4.09. The van der Waals surface area contributed by atoms with Gasteiger partial charge in [0, 0.05) is 6.08 Å². The minimum Gasteiger partial charge on any atom is -0.463 e. The molecule has 0 atom stereocenters. The van der Waals surface area contributed by atoms with Crippen LogP contribution in [0.2, 0.25) is 0 Å². The van der Waals surface area contributed by atoms with E-state index < -0.39 is 18.6 Å². The molecule has 0 aromatic rings. The number of halogens is 3. The van der Waals surface area contributed by atoms with E-state index in [1.807, 2.05) is 0 Å². The summed E-state index contributed by atoms with van der Waals surface area (Å²) in [7, 11) is 0. The van der Waals surface area contributed by atoms with Crippen LogP contribution in [0, 0.1) is 0 Å². The Morgan fingerprint density at radius 3 is 2.38 bits per heavy atom. The summed E-state index contributed by atoms with van der Waals surface area (Å²) >= 11 is 0. The van der Waals surface area contributed by atoms with Gasteiger partial charge in [0.05, 0.1) is 13.0 Å². The number of hydrogen-bond donors (Lipinski definition) is 0. The molecule has 0 amide bonds. The van der Waals surface area contributed by atoms with E-state index in [4.69, 9.17) is 0 Å². The topological polar surface area (TPSA) is 26.3 Å². The van der Waals surface area contributed by atoms with E-state index in [0.717, 1.165) is 6.08 Å². The fourth-order valence-electron chi connectivity index (χ4n) is 0.752. The maximum Gasteiger partial charge on any atom is 0.392 e. The summed E-state index contributed by atoms with van der Waals surface area (Å²) in [6.07, 6.45) is -4.49. The molecule has 0 N–H and O–H groups in total. The number of carbonyl (C=O) groups is 1. The third-order valence-electron chi connectivity index (χ3n) is 1.13. The molecule has 0 heterocycles. The molecule has 0 fully saturated rings. The van der Waals surface area contributed by atoms with Crippen LogP contribution in [0.1, 0.15) is 20.3 Å². The summed E-state index contributed by atoms with van der Waals surface area (Å²) in [6, 6.07) is 0. The molecule has 5 heteroatoms. The second-order valence-electron chi connectivity index (χ2n) is 2.53. The van der Waals surface area contributed by atoms with Crippen molar-refractivity contribution in [3.05, 3.63) is 11.6 Å². The first-order valence-corrected chi connectivity index (χ1v) is 3.76. The molecule has 0 aliphatic heterocycles. The predicted molar refractivity (Wildman–Crippen MR) is 41.1 cm³/mol. The normalized spacial score (nSPS) is 12.8. The molecule has 0 radical (unpaired) electrons. The van der Waals surface area contributed by atoms with Gasteiger partial charge in [-0.15, -0.1) is 0 Å². The van der Waals surface area contributed by atoms with Gasteiger partial charge in [-0.2, -0.15) is 13.2 Å². The van der Waals surface area contributed by atoms with Crippen molar-refractivity contribution >= 4 is 5.97 Å². The van der Waals surface area contributed by atoms with Crippen LogP contribution in [0.25, 0.3) is 0 Å². The van der Waals surface area contributed by atoms with Gasteiger partial charge in [0.1, 0.15) is 0 Å². The van der Waals surface area contributed by atoms with Gasteiger partial charge in [0.15, 0.2) is 0 Å². The Kier molecular flexibility index (Phi) is 4.51. The molecule has 0 spiro atoms. The van der Waals surface area contributed by atoms with Crippen LogP contribution in [0.15, 0.2) is 11.6 Å². The highest BCUT2D eigenvalue weighted by atomic mass is 19.4. The number of rotatable bonds is 3. The second-order valence-corrected chi connectivity index (χ2v) is 2.53. The van der Waals surface area contributed by atoms with Crippen LogP contribution in [0.5, 0.6) is 0 Å². The quantitative estimate of drug-likeness (QED) is 0.512. The minimum atomic E-state index is -4.27. The monoisotopic (exact) mass is 196 g/mol. The average molecular weight is 196 g/mol. The van der Waals surface area contributed by atoms with Crippen LogP contribution < -0.4 is 0 Å². The van der Waals surface area contributed by atoms with Gasteiger partial charge in [-0.3, -0.25) is 0 Å². The van der Waals surface area contributed by atoms with Gasteiger partial charge in [-0.1, -0.05) is 5.57 Å². The fourth-order valence-corrected chi connectivity index (χ4v) is 0.752. The smallest absolute Gasteiger partial charge is 0.392 e. The third-order valence-corrected chi connectivity index (χ3v) is 1.13. The van der Waals surface area contributed by atoms with Crippen molar-refractivity contribution in [2.24, 2.45) is 0 Å². The van der Waals surface area contributed by atoms with E-state index in [2.05, 4.69) is 4.74 Å². The van der Waals surface area contributed by atoms with Crippen molar-refractivity contribution in [3.63, 3.8) is 0 Å². The molecule has 13 heavy (non-hydrogen) atoms. The molecule has 0 aromatic carbocycles. The van der Waals surface area contributed by atoms with Crippen LogP contribution in [-0.4, -0.2) is 18.8 Å². The molecule has 76 valence electrons. The Hall–Kier alpha value is -1.00. The molecule has 2 nitrogen and oxygen atoms in total. The van der Waals surface area contributed by atoms with E-state index in [-0.39, 0.29) is 12.2 Å². The van der Waals surface area contributed by atoms with E-state index in [0.29, 0.717) is 0 Å². The molecule has 0 rings (SSSR count). The van der Waals surface area contributed by atoms with Crippen molar-refractivity contribution in [2.75, 3.05) is 6.61 Å². The predicted octanol–water partition coefficient (Wildman–Crippen LogP) is 2.45. The second kappa shape index (κ2) is 4.89. The number of hydrogen-bond acceptors (Lipinski definition) is 2. The zero-order valence-electron chi connectivity index (χ0n) is 7.44. The largest absolute Gasteiger partial charge is 0.463 e. The first-order valence-electron chi connectivity index (χ1n) is 3.76. The van der Waals surface area contributed by atoms with Gasteiger partial charge >= 0.3 is 12.1 Å². The summed E-state index contributed by atoms with van der Waals surface area (Å²) in [6.45, 7) is 2.99. The Labute approximate surface area is 74.4 Å². The lowest BCUT2D eigenvalue weighted by atomic mass is 10.2. The molecular weight excluding hydrogens is 185 g/mol. The summed E-state index contributed by atoms with van der Waals surface area (Å²) in [5.74, 6) is -0.732. The zero-order chi connectivity index (χ0) is 10.5. The van der Waals surface area contributed by atoms with Crippen molar-refractivity contribution in [1.29, 1.82) is 0 Å². The zero-order valence-corrected chi connectivity index (χ0v) is 7.44. The maximum atomic E-state index is 11.7. The van der Waals surface area contributed by atoms with Crippen molar-refractivity contribution < 1.29 is 22.7 Å². The molecular formula is C8H11F3O2. The maximum absolute atomic E-state index is 11.7. The number of esters is 1. The Bertz CT molecular complexity index is 206. The third kappa shape index (κ3) is 7.36. The standard InChI is InChI=1S/C8H11F3O2/c1-3-13-7(12)4-6(2)5-8(9,10)11/h4H,3,5H2,1-2H3. The van der Waals surface area contributed by atoms with Crippen LogP contribution in [0.3, 0.4) is 0 Å². The molecule has 0 aliphatic rings. The molecule has 0 saturated carbocycles. The van der Waals surface area contributed by atoms with Gasteiger partial charge in [0.2, 0.25) is 0 Å². The van der Waals surface area contributed by atoms with Crippen molar-refractivity contribution in [2.45, 2.75) is 26.4 Å². The highest BCUT2D eigenvalue weighted by molar-refractivity contribution is 5.82. The van der Waals surface area contributed by atoms with Gasteiger partial charge in [-0.05, 0) is 13.8 Å². The molecule has 0 aliphatic carbocycles. The first-order chi connectivity index (χ1) is 5.85. The van der Waals surface area contributed by atoms with E-state index >= 15 is 0 Å². The highest BCUT2D eigenvalue weighted by Gasteiger charge is 2.27. The van der Waals surface area contributed by atoms with Crippen LogP contribution in [-0.2, 0) is 9.53 Å². The SMILES string of the molecule is CCOC(=O)C=C(C)CC(F)(F)F. The lowest BCUT2D eigenvalue weighted by Crippen LogP contribution is -2.09. The first kappa shape index (κ1) is 12.0. The molecule has 0 bridgehead atoms. The van der Waals surface area contributed by atoms with E-state index in [9.17, 15) is 18.0 Å². The fraction of sp³-hybridized carbons (Fsp3) is 0.625. The number of allylic oxidation sites excluding steroid dienone is 1. The van der Waals surface area contributed by atoms with Gasteiger partial charge in [0.25, 0.3) is 0 Å². The van der Waals surface area contributed by atoms with Gasteiger partial charge in [-0.25, -0.2) is 4.79 Å². The summed E-state index contributed by atoms with van der Waals surface area (Å²) < 4.78 is 39.7. The molecule has 0 aromatic heterocycles. The van der Waals surface area contributed by atoms with Gasteiger partial charge < -0.3 is 4.74 Å². The van der Waals surface area contributed by atoms with E-state index in [1.165, 1.54) is 6.92 Å². The number of alkyl halides is 3. The number of ether oxygens (including phenoxy) is 1.